The number of sulfonamides is 1. The number of piperidine rings is 1. The number of amides is 1. The Morgan fingerprint density at radius 1 is 1.09 bits per heavy atom. The van der Waals surface area contributed by atoms with Crippen LogP contribution in [0.15, 0.2) is 57.9 Å². The third-order valence-corrected chi connectivity index (χ3v) is 7.84. The summed E-state index contributed by atoms with van der Waals surface area (Å²) >= 11 is 0. The molecule has 0 saturated carbocycles. The van der Waals surface area contributed by atoms with Gasteiger partial charge in [0.2, 0.25) is 15.9 Å². The highest BCUT2D eigenvalue weighted by Gasteiger charge is 2.32. The van der Waals surface area contributed by atoms with E-state index in [4.69, 9.17) is 4.52 Å². The summed E-state index contributed by atoms with van der Waals surface area (Å²) in [6.45, 7) is 6.73. The molecular weight excluding hydrogens is 452 g/mol. The van der Waals surface area contributed by atoms with Crippen LogP contribution in [0.4, 0.5) is 5.69 Å². The van der Waals surface area contributed by atoms with E-state index in [9.17, 15) is 13.2 Å². The van der Waals surface area contributed by atoms with Crippen molar-refractivity contribution in [1.82, 2.24) is 14.4 Å². The first-order valence-electron chi connectivity index (χ1n) is 11.5. The van der Waals surface area contributed by atoms with E-state index in [1.807, 2.05) is 45.0 Å². The third-order valence-electron chi connectivity index (χ3n) is 5.93. The van der Waals surface area contributed by atoms with Crippen LogP contribution in [-0.2, 0) is 14.8 Å². The highest BCUT2D eigenvalue weighted by molar-refractivity contribution is 7.89. The number of nitrogens with zero attached hydrogens (tertiary/aromatic N) is 3. The van der Waals surface area contributed by atoms with Gasteiger partial charge in [-0.15, -0.1) is 0 Å². The lowest BCUT2D eigenvalue weighted by atomic mass is 9.97. The highest BCUT2D eigenvalue weighted by atomic mass is 32.2. The zero-order valence-electron chi connectivity index (χ0n) is 19.7. The molecule has 34 heavy (non-hydrogen) atoms. The molecule has 9 heteroatoms. The van der Waals surface area contributed by atoms with E-state index in [1.165, 1.54) is 4.31 Å². The molecule has 0 spiro atoms. The van der Waals surface area contributed by atoms with Crippen LogP contribution in [0.5, 0.6) is 0 Å². The van der Waals surface area contributed by atoms with Crippen molar-refractivity contribution < 1.29 is 17.7 Å². The monoisotopic (exact) mass is 482 g/mol. The number of hydrogen-bond acceptors (Lipinski definition) is 6. The number of benzene rings is 2. The summed E-state index contributed by atoms with van der Waals surface area (Å²) in [6.07, 6.45) is 1.66. The number of rotatable bonds is 7. The molecule has 0 atom stereocenters. The zero-order chi connectivity index (χ0) is 24.3. The molecule has 2 heterocycles. The van der Waals surface area contributed by atoms with Gasteiger partial charge in [-0.2, -0.15) is 9.29 Å². The lowest BCUT2D eigenvalue weighted by Gasteiger charge is -2.29. The predicted molar refractivity (Wildman–Crippen MR) is 130 cm³/mol. The Hall–Kier alpha value is -3.04. The maximum absolute atomic E-state index is 13.1. The second-order valence-electron chi connectivity index (χ2n) is 9.17. The van der Waals surface area contributed by atoms with Crippen molar-refractivity contribution in [3.8, 4) is 11.5 Å². The molecule has 4 rings (SSSR count). The van der Waals surface area contributed by atoms with Crippen molar-refractivity contribution in [3.63, 3.8) is 0 Å². The average molecular weight is 483 g/mol. The van der Waals surface area contributed by atoms with E-state index in [2.05, 4.69) is 15.5 Å². The normalized spacial score (nSPS) is 15.5. The van der Waals surface area contributed by atoms with Gasteiger partial charge < -0.3 is 9.84 Å². The number of carbonyl (C=O) groups excluding carboxylic acids is 1. The van der Waals surface area contributed by atoms with Gasteiger partial charge in [-0.05, 0) is 62.1 Å². The largest absolute Gasteiger partial charge is 0.334 e. The fourth-order valence-corrected chi connectivity index (χ4v) is 5.48. The molecule has 0 aliphatic carbocycles. The van der Waals surface area contributed by atoms with Crippen LogP contribution < -0.4 is 5.32 Å². The van der Waals surface area contributed by atoms with Crippen LogP contribution in [0.3, 0.4) is 0 Å². The standard InChI is InChI=1S/C25H30N4O4S/c1-17(2)16-23(30)26-21-8-10-22(11-9-21)34(31,32)29-14-12-19(13-15-29)24-27-25(33-28-24)20-6-4-18(3)5-7-20/h4-11,17,19H,12-16H2,1-3H3,(H,26,30). The molecule has 180 valence electrons. The van der Waals surface area contributed by atoms with E-state index in [1.54, 1.807) is 24.3 Å². The van der Waals surface area contributed by atoms with Crippen molar-refractivity contribution in [2.45, 2.75) is 50.8 Å². The molecule has 1 N–H and O–H groups in total. The summed E-state index contributed by atoms with van der Waals surface area (Å²) in [7, 11) is -3.62. The van der Waals surface area contributed by atoms with Crippen molar-refractivity contribution in [2.75, 3.05) is 18.4 Å². The first-order chi connectivity index (χ1) is 16.2. The van der Waals surface area contributed by atoms with Crippen LogP contribution in [0.25, 0.3) is 11.5 Å². The average Bonchev–Trinajstić information content (AvgIpc) is 3.30. The van der Waals surface area contributed by atoms with E-state index in [-0.39, 0.29) is 22.6 Å². The van der Waals surface area contributed by atoms with Gasteiger partial charge in [-0.1, -0.05) is 36.7 Å². The maximum Gasteiger partial charge on any atom is 0.257 e. The van der Waals surface area contributed by atoms with Gasteiger partial charge in [0.25, 0.3) is 5.89 Å². The molecule has 1 saturated heterocycles. The Kier molecular flexibility index (Phi) is 7.13. The van der Waals surface area contributed by atoms with Crippen LogP contribution in [0.2, 0.25) is 0 Å². The van der Waals surface area contributed by atoms with Crippen molar-refractivity contribution in [2.24, 2.45) is 5.92 Å². The Bertz CT molecular complexity index is 1230. The van der Waals surface area contributed by atoms with Gasteiger partial charge in [0, 0.05) is 36.7 Å². The van der Waals surface area contributed by atoms with Crippen molar-refractivity contribution >= 4 is 21.6 Å². The number of anilines is 1. The Labute approximate surface area is 200 Å². The second-order valence-corrected chi connectivity index (χ2v) is 11.1. The van der Waals surface area contributed by atoms with Gasteiger partial charge >= 0.3 is 0 Å². The summed E-state index contributed by atoms with van der Waals surface area (Å²) in [6, 6.07) is 14.2. The van der Waals surface area contributed by atoms with Gasteiger partial charge in [-0.3, -0.25) is 4.79 Å². The molecule has 0 unspecified atom stereocenters. The Morgan fingerprint density at radius 3 is 2.35 bits per heavy atom. The fourth-order valence-electron chi connectivity index (χ4n) is 4.01. The van der Waals surface area contributed by atoms with E-state index >= 15 is 0 Å². The van der Waals surface area contributed by atoms with Crippen LogP contribution in [0, 0.1) is 12.8 Å². The quantitative estimate of drug-likeness (QED) is 0.528. The number of aromatic nitrogens is 2. The smallest absolute Gasteiger partial charge is 0.257 e. The molecule has 0 bridgehead atoms. The summed E-state index contributed by atoms with van der Waals surface area (Å²) in [4.78, 5) is 16.7. The topological polar surface area (TPSA) is 105 Å². The molecule has 1 aromatic heterocycles. The molecule has 0 radical (unpaired) electrons. The van der Waals surface area contributed by atoms with Crippen LogP contribution >= 0.6 is 0 Å². The second kappa shape index (κ2) is 10.1. The minimum absolute atomic E-state index is 0.0490. The number of carbonyl (C=O) groups is 1. The lowest BCUT2D eigenvalue weighted by molar-refractivity contribution is -0.116. The summed E-state index contributed by atoms with van der Waals surface area (Å²) < 4.78 is 33.2. The highest BCUT2D eigenvalue weighted by Crippen LogP contribution is 2.31. The van der Waals surface area contributed by atoms with Crippen molar-refractivity contribution in [1.29, 1.82) is 0 Å². The molecule has 1 aliphatic heterocycles. The van der Waals surface area contributed by atoms with Crippen LogP contribution in [-0.4, -0.2) is 41.9 Å². The first-order valence-corrected chi connectivity index (χ1v) is 13.0. The molecule has 8 nitrogen and oxygen atoms in total. The zero-order valence-corrected chi connectivity index (χ0v) is 20.5. The predicted octanol–water partition coefficient (Wildman–Crippen LogP) is 4.60. The van der Waals surface area contributed by atoms with Crippen molar-refractivity contribution in [3.05, 3.63) is 59.9 Å². The van der Waals surface area contributed by atoms with Gasteiger partial charge in [0.05, 0.1) is 4.90 Å². The summed E-state index contributed by atoms with van der Waals surface area (Å²) in [5.74, 6) is 1.32. The first kappa shape index (κ1) is 24.1. The number of hydrogen-bond donors (Lipinski definition) is 1. The Balaban J connectivity index is 1.37. The molecule has 1 aliphatic rings. The molecular formula is C25H30N4O4S. The van der Waals surface area contributed by atoms with E-state index in [0.717, 1.165) is 11.1 Å². The van der Waals surface area contributed by atoms with Gasteiger partial charge in [0.1, 0.15) is 0 Å². The SMILES string of the molecule is Cc1ccc(-c2nc(C3CCN(S(=O)(=O)c4ccc(NC(=O)CC(C)C)cc4)CC3)no2)cc1. The fraction of sp³-hybridized carbons (Fsp3) is 0.400. The van der Waals surface area contributed by atoms with Crippen LogP contribution in [0.1, 0.15) is 50.4 Å². The summed E-state index contributed by atoms with van der Waals surface area (Å²) in [5, 5.41) is 6.95. The Morgan fingerprint density at radius 2 is 1.74 bits per heavy atom. The lowest BCUT2D eigenvalue weighted by Crippen LogP contribution is -2.38. The van der Waals surface area contributed by atoms with Gasteiger partial charge in [0.15, 0.2) is 5.82 Å². The van der Waals surface area contributed by atoms with E-state index in [0.29, 0.717) is 49.8 Å². The summed E-state index contributed by atoms with van der Waals surface area (Å²) in [5.41, 5.74) is 2.61. The maximum atomic E-state index is 13.1. The third kappa shape index (κ3) is 5.53. The number of aryl methyl sites for hydroxylation is 1. The molecule has 2 aromatic carbocycles. The van der Waals surface area contributed by atoms with Gasteiger partial charge in [-0.25, -0.2) is 8.42 Å². The molecule has 1 amide bonds. The number of nitrogens with one attached hydrogen (secondary N) is 1. The van der Waals surface area contributed by atoms with E-state index < -0.39 is 10.0 Å². The molecule has 3 aromatic rings. The minimum atomic E-state index is -3.62. The minimum Gasteiger partial charge on any atom is -0.334 e. The molecule has 1 fully saturated rings.